The number of benzene rings is 1. The first-order valence-electron chi connectivity index (χ1n) is 10.4. The van der Waals surface area contributed by atoms with Crippen LogP contribution in [0, 0.1) is 6.92 Å². The van der Waals surface area contributed by atoms with Gasteiger partial charge in [0.15, 0.2) is 0 Å². The molecule has 0 spiro atoms. The zero-order valence-corrected chi connectivity index (χ0v) is 16.9. The van der Waals surface area contributed by atoms with Gasteiger partial charge in [-0.2, -0.15) is 0 Å². The van der Waals surface area contributed by atoms with E-state index in [2.05, 4.69) is 22.2 Å². The molecule has 7 nitrogen and oxygen atoms in total. The van der Waals surface area contributed by atoms with Gasteiger partial charge in [0.1, 0.15) is 5.76 Å². The van der Waals surface area contributed by atoms with E-state index in [0.717, 1.165) is 32.5 Å². The van der Waals surface area contributed by atoms with Crippen molar-refractivity contribution in [3.8, 4) is 0 Å². The van der Waals surface area contributed by atoms with Crippen LogP contribution in [0.5, 0.6) is 0 Å². The molecule has 3 heterocycles. The predicted octanol–water partition coefficient (Wildman–Crippen LogP) is 1.86. The van der Waals surface area contributed by atoms with E-state index in [-0.39, 0.29) is 24.3 Å². The van der Waals surface area contributed by atoms with E-state index < -0.39 is 0 Å². The van der Waals surface area contributed by atoms with Crippen LogP contribution < -0.4 is 0 Å². The third kappa shape index (κ3) is 4.67. The molecule has 0 bridgehead atoms. The number of piperidine rings is 1. The van der Waals surface area contributed by atoms with E-state index in [4.69, 9.17) is 4.52 Å². The molecule has 7 heteroatoms. The summed E-state index contributed by atoms with van der Waals surface area (Å²) >= 11 is 0. The summed E-state index contributed by atoms with van der Waals surface area (Å²) in [4.78, 5) is 31.7. The van der Waals surface area contributed by atoms with Gasteiger partial charge in [0, 0.05) is 45.3 Å². The number of aromatic nitrogens is 1. The highest BCUT2D eigenvalue weighted by Gasteiger charge is 2.35. The topological polar surface area (TPSA) is 69.9 Å². The first-order chi connectivity index (χ1) is 14.1. The van der Waals surface area contributed by atoms with Crippen LogP contribution in [0.1, 0.15) is 29.9 Å². The highest BCUT2D eigenvalue weighted by molar-refractivity contribution is 5.83. The molecule has 2 aliphatic heterocycles. The minimum atomic E-state index is -0.0668. The third-order valence-electron chi connectivity index (χ3n) is 5.84. The number of aryl methyl sites for hydroxylation is 1. The average Bonchev–Trinajstić information content (AvgIpc) is 3.15. The summed E-state index contributed by atoms with van der Waals surface area (Å²) in [5.74, 6) is 1.00. The lowest BCUT2D eigenvalue weighted by molar-refractivity contribution is -0.142. The maximum absolute atomic E-state index is 13.1. The second-order valence-electron chi connectivity index (χ2n) is 7.93. The van der Waals surface area contributed by atoms with Gasteiger partial charge in [-0.25, -0.2) is 0 Å². The van der Waals surface area contributed by atoms with Crippen LogP contribution in [0.15, 0.2) is 40.9 Å². The molecule has 2 aromatic rings. The zero-order chi connectivity index (χ0) is 20.2. The van der Waals surface area contributed by atoms with E-state index >= 15 is 0 Å². The largest absolute Gasteiger partial charge is 0.361 e. The van der Waals surface area contributed by atoms with Crippen LogP contribution in [0.4, 0.5) is 0 Å². The summed E-state index contributed by atoms with van der Waals surface area (Å²) < 4.78 is 5.04. The Labute approximate surface area is 171 Å². The lowest BCUT2D eigenvalue weighted by atomic mass is 10.0. The van der Waals surface area contributed by atoms with Crippen molar-refractivity contribution in [3.05, 3.63) is 53.4 Å². The number of nitrogens with zero attached hydrogens (tertiary/aromatic N) is 4. The van der Waals surface area contributed by atoms with E-state index in [0.29, 0.717) is 31.1 Å². The predicted molar refractivity (Wildman–Crippen MR) is 108 cm³/mol. The van der Waals surface area contributed by atoms with Crippen molar-refractivity contribution >= 4 is 11.8 Å². The van der Waals surface area contributed by atoms with Crippen LogP contribution in [-0.2, 0) is 22.6 Å². The number of carbonyl (C=O) groups is 2. The molecule has 29 heavy (non-hydrogen) atoms. The molecule has 2 fully saturated rings. The molecular weight excluding hydrogens is 368 g/mol. The number of rotatable bonds is 5. The van der Waals surface area contributed by atoms with E-state index in [1.807, 2.05) is 34.9 Å². The summed E-state index contributed by atoms with van der Waals surface area (Å²) in [6.45, 7) is 6.09. The molecule has 0 aliphatic carbocycles. The lowest BCUT2D eigenvalue weighted by Gasteiger charge is -2.42. The molecule has 1 aromatic heterocycles. The van der Waals surface area contributed by atoms with Crippen molar-refractivity contribution in [1.29, 1.82) is 0 Å². The summed E-state index contributed by atoms with van der Waals surface area (Å²) in [6, 6.07) is 11.9. The minimum absolute atomic E-state index is 0.0668. The Kier molecular flexibility index (Phi) is 5.94. The minimum Gasteiger partial charge on any atom is -0.361 e. The first-order valence-corrected chi connectivity index (χ1v) is 10.4. The fraction of sp³-hybridized carbons (Fsp3) is 0.500. The van der Waals surface area contributed by atoms with Crippen LogP contribution in [-0.4, -0.2) is 70.4 Å². The summed E-state index contributed by atoms with van der Waals surface area (Å²) in [6.07, 6.45) is 2.19. The van der Waals surface area contributed by atoms with Crippen molar-refractivity contribution in [2.75, 3.05) is 32.7 Å². The molecule has 0 radical (unpaired) electrons. The van der Waals surface area contributed by atoms with Gasteiger partial charge in [-0.15, -0.1) is 0 Å². The second-order valence-corrected chi connectivity index (χ2v) is 7.93. The second kappa shape index (κ2) is 8.78. The number of amides is 2. The average molecular weight is 396 g/mol. The molecule has 0 unspecified atom stereocenters. The van der Waals surface area contributed by atoms with Crippen LogP contribution in [0.25, 0.3) is 0 Å². The highest BCUT2D eigenvalue weighted by atomic mass is 16.5. The molecular formula is C22H28N4O3. The molecule has 0 N–H and O–H groups in total. The Morgan fingerprint density at radius 2 is 1.90 bits per heavy atom. The highest BCUT2D eigenvalue weighted by Crippen LogP contribution is 2.21. The SMILES string of the molecule is Cc1cc(CC(=O)N2CCN([C@H]3CCCN(Cc4ccccc4)C3=O)CC2)no1. The smallest absolute Gasteiger partial charge is 0.240 e. The Balaban J connectivity index is 1.30. The molecule has 2 saturated heterocycles. The maximum Gasteiger partial charge on any atom is 0.240 e. The van der Waals surface area contributed by atoms with Crippen molar-refractivity contribution in [1.82, 2.24) is 19.9 Å². The fourth-order valence-electron chi connectivity index (χ4n) is 4.27. The van der Waals surface area contributed by atoms with E-state index in [9.17, 15) is 9.59 Å². The summed E-state index contributed by atoms with van der Waals surface area (Å²) in [7, 11) is 0. The Hall–Kier alpha value is -2.67. The van der Waals surface area contributed by atoms with Gasteiger partial charge in [0.2, 0.25) is 11.8 Å². The van der Waals surface area contributed by atoms with Crippen molar-refractivity contribution < 1.29 is 14.1 Å². The van der Waals surface area contributed by atoms with Gasteiger partial charge in [-0.1, -0.05) is 35.5 Å². The van der Waals surface area contributed by atoms with Crippen molar-refractivity contribution in [3.63, 3.8) is 0 Å². The number of hydrogen-bond acceptors (Lipinski definition) is 5. The molecule has 1 aromatic carbocycles. The number of carbonyl (C=O) groups excluding carboxylic acids is 2. The molecule has 1 atom stereocenters. The van der Waals surface area contributed by atoms with Gasteiger partial charge in [-0.05, 0) is 25.3 Å². The summed E-state index contributed by atoms with van der Waals surface area (Å²) in [5, 5.41) is 3.91. The standard InChI is InChI=1S/C22H28N4O3/c1-17-14-19(23-29-17)15-21(27)25-12-10-24(11-13-25)20-8-5-9-26(22(20)28)16-18-6-3-2-4-7-18/h2-4,6-7,14,20H,5,8-13,15-16H2,1H3/t20-/m0/s1. The Morgan fingerprint density at radius 1 is 1.14 bits per heavy atom. The maximum atomic E-state index is 13.1. The van der Waals surface area contributed by atoms with Crippen LogP contribution in [0.2, 0.25) is 0 Å². The monoisotopic (exact) mass is 396 g/mol. The molecule has 2 amide bonds. The normalized spacial score (nSPS) is 20.9. The van der Waals surface area contributed by atoms with Gasteiger partial charge >= 0.3 is 0 Å². The Bertz CT molecular complexity index is 843. The molecule has 0 saturated carbocycles. The van der Waals surface area contributed by atoms with Crippen LogP contribution in [0.3, 0.4) is 0 Å². The van der Waals surface area contributed by atoms with Gasteiger partial charge in [0.05, 0.1) is 18.2 Å². The Morgan fingerprint density at radius 3 is 2.59 bits per heavy atom. The van der Waals surface area contributed by atoms with Crippen molar-refractivity contribution in [2.45, 2.75) is 38.8 Å². The first kappa shape index (κ1) is 19.6. The quantitative estimate of drug-likeness (QED) is 0.772. The van der Waals surface area contributed by atoms with Gasteiger partial charge in [-0.3, -0.25) is 14.5 Å². The van der Waals surface area contributed by atoms with Gasteiger partial charge < -0.3 is 14.3 Å². The van der Waals surface area contributed by atoms with Gasteiger partial charge in [0.25, 0.3) is 0 Å². The zero-order valence-electron chi connectivity index (χ0n) is 16.9. The fourth-order valence-corrected chi connectivity index (χ4v) is 4.27. The number of piperazine rings is 1. The lowest BCUT2D eigenvalue weighted by Crippen LogP contribution is -2.58. The number of hydrogen-bond donors (Lipinski definition) is 0. The molecule has 154 valence electrons. The molecule has 4 rings (SSSR count). The third-order valence-corrected chi connectivity index (χ3v) is 5.84. The van der Waals surface area contributed by atoms with Crippen molar-refractivity contribution in [2.24, 2.45) is 0 Å². The molecule has 2 aliphatic rings. The van der Waals surface area contributed by atoms with Crippen LogP contribution >= 0.6 is 0 Å². The van der Waals surface area contributed by atoms with E-state index in [1.54, 1.807) is 6.07 Å². The number of likely N-dealkylation sites (tertiary alicyclic amines) is 1. The van der Waals surface area contributed by atoms with E-state index in [1.165, 1.54) is 5.56 Å². The summed E-state index contributed by atoms with van der Waals surface area (Å²) in [5.41, 5.74) is 1.84.